The molecule has 2 aromatic rings. The zero-order chi connectivity index (χ0) is 26.7. The fourth-order valence-electron chi connectivity index (χ4n) is 4.59. The van der Waals surface area contributed by atoms with E-state index in [0.717, 1.165) is 0 Å². The average Bonchev–Trinajstić information content (AvgIpc) is 3.02. The first-order chi connectivity index (χ1) is 16.7. The summed E-state index contributed by atoms with van der Waals surface area (Å²) in [5.74, 6) is -2.32. The van der Waals surface area contributed by atoms with E-state index < -0.39 is 43.3 Å². The quantitative estimate of drug-likeness (QED) is 0.542. The number of hydrogen-bond donors (Lipinski definition) is 3. The van der Waals surface area contributed by atoms with Crippen molar-refractivity contribution in [2.24, 2.45) is 11.1 Å². The third-order valence-corrected chi connectivity index (χ3v) is 8.60. The highest BCUT2D eigenvalue weighted by atomic mass is 35.5. The molecule has 1 atom stereocenters. The van der Waals surface area contributed by atoms with Crippen molar-refractivity contribution in [2.45, 2.75) is 45.2 Å². The van der Waals surface area contributed by atoms with Crippen LogP contribution in [0.25, 0.3) is 0 Å². The van der Waals surface area contributed by atoms with Crippen molar-refractivity contribution in [2.75, 3.05) is 5.32 Å². The molecule has 0 spiro atoms. The molecule has 2 aliphatic heterocycles. The van der Waals surface area contributed by atoms with Crippen LogP contribution in [0.3, 0.4) is 0 Å². The van der Waals surface area contributed by atoms with Crippen molar-refractivity contribution in [3.8, 4) is 0 Å². The van der Waals surface area contributed by atoms with Crippen LogP contribution in [0.1, 0.15) is 42.3 Å². The van der Waals surface area contributed by atoms with Gasteiger partial charge in [0.1, 0.15) is 17.1 Å². The monoisotopic (exact) mass is 533 g/mol. The van der Waals surface area contributed by atoms with Crippen molar-refractivity contribution in [1.29, 1.82) is 0 Å². The lowest BCUT2D eigenvalue weighted by molar-refractivity contribution is -0.129. The average molecular weight is 534 g/mol. The molecule has 0 aromatic heterocycles. The number of sulfone groups is 1. The van der Waals surface area contributed by atoms with Gasteiger partial charge in [0.05, 0.1) is 27.9 Å². The normalized spacial score (nSPS) is 19.4. The Labute approximate surface area is 213 Å². The van der Waals surface area contributed by atoms with Crippen molar-refractivity contribution >= 4 is 38.9 Å². The Kier molecular flexibility index (Phi) is 6.17. The Morgan fingerprint density at radius 1 is 1.25 bits per heavy atom. The van der Waals surface area contributed by atoms with Crippen LogP contribution in [0.15, 0.2) is 62.7 Å². The van der Waals surface area contributed by atoms with E-state index in [2.05, 4.69) is 5.32 Å². The van der Waals surface area contributed by atoms with Crippen LogP contribution in [-0.2, 0) is 21.2 Å². The second-order valence-electron chi connectivity index (χ2n) is 9.87. The predicted molar refractivity (Wildman–Crippen MR) is 133 cm³/mol. The van der Waals surface area contributed by atoms with E-state index >= 15 is 0 Å². The van der Waals surface area contributed by atoms with E-state index in [0.29, 0.717) is 11.1 Å². The topological polar surface area (TPSA) is 130 Å². The number of amides is 2. The zero-order valence-corrected chi connectivity index (χ0v) is 21.6. The van der Waals surface area contributed by atoms with E-state index in [-0.39, 0.29) is 39.7 Å². The number of benzene rings is 2. The minimum Gasteiger partial charge on any atom is -0.509 e. The number of halogens is 2. The SMILES string of the molecule is Cc1cc(CN2C(=O)C(C3=C(Cl)S(=O)(=O)c4cccc(C(N)=O)c4N3)=C(O)[C@@H]2C(C)(C)C)ccc1F. The number of para-hydroxylation sites is 1. The summed E-state index contributed by atoms with van der Waals surface area (Å²) in [5, 5.41) is 14.1. The Morgan fingerprint density at radius 2 is 1.92 bits per heavy atom. The van der Waals surface area contributed by atoms with Crippen LogP contribution < -0.4 is 11.1 Å². The van der Waals surface area contributed by atoms with Gasteiger partial charge < -0.3 is 21.1 Å². The predicted octanol–water partition coefficient (Wildman–Crippen LogP) is 4.11. The van der Waals surface area contributed by atoms with Crippen molar-refractivity contribution < 1.29 is 27.5 Å². The Bertz CT molecular complexity index is 1490. The standard InChI is InChI=1S/C25H25ClFN3O5S/c1-12-10-13(8-9-15(12)27)11-30-21(25(2,3)4)20(31)17(24(30)33)19-22(26)36(34,35)16-7-5-6-14(23(28)32)18(16)29-19/h5-10,21,29,31H,11H2,1-4H3,(H2,28,32)/t21-/m1/s1. The van der Waals surface area contributed by atoms with Crippen molar-refractivity contribution in [3.05, 3.63) is 80.3 Å². The molecule has 4 N–H and O–H groups in total. The molecular weight excluding hydrogens is 509 g/mol. The molecule has 0 saturated heterocycles. The molecule has 0 radical (unpaired) electrons. The number of fused-ring (bicyclic) bond motifs is 1. The summed E-state index contributed by atoms with van der Waals surface area (Å²) in [6.45, 7) is 7.07. The second kappa shape index (κ2) is 8.63. The summed E-state index contributed by atoms with van der Waals surface area (Å²) in [5.41, 5.74) is 4.87. The Hall–Kier alpha value is -3.37. The summed E-state index contributed by atoms with van der Waals surface area (Å²) in [7, 11) is -4.33. The van der Waals surface area contributed by atoms with Gasteiger partial charge in [-0.3, -0.25) is 9.59 Å². The molecule has 0 bridgehead atoms. The number of rotatable bonds is 4. The number of nitrogens with two attached hydrogens (primary N) is 1. The fraction of sp³-hybridized carbons (Fsp3) is 0.280. The van der Waals surface area contributed by atoms with Crippen molar-refractivity contribution in [1.82, 2.24) is 4.90 Å². The maximum absolute atomic E-state index is 13.8. The zero-order valence-electron chi connectivity index (χ0n) is 20.0. The molecular formula is C25H25ClFN3O5S. The molecule has 2 aliphatic rings. The van der Waals surface area contributed by atoms with Crippen LogP contribution in [0.2, 0.25) is 0 Å². The van der Waals surface area contributed by atoms with Gasteiger partial charge in [-0.2, -0.15) is 0 Å². The van der Waals surface area contributed by atoms with Crippen LogP contribution >= 0.6 is 11.6 Å². The van der Waals surface area contributed by atoms with Gasteiger partial charge >= 0.3 is 0 Å². The number of carbonyl (C=O) groups excluding carboxylic acids is 2. The van der Waals surface area contributed by atoms with Gasteiger partial charge in [-0.15, -0.1) is 0 Å². The van der Waals surface area contributed by atoms with Gasteiger partial charge in [0.2, 0.25) is 9.84 Å². The molecule has 0 saturated carbocycles. The summed E-state index contributed by atoms with van der Waals surface area (Å²) < 4.78 is 39.6. The molecule has 2 aromatic carbocycles. The summed E-state index contributed by atoms with van der Waals surface area (Å²) in [6.07, 6.45) is 0. The van der Waals surface area contributed by atoms with Crippen molar-refractivity contribution in [3.63, 3.8) is 0 Å². The van der Waals surface area contributed by atoms with Gasteiger partial charge in [-0.1, -0.05) is 50.6 Å². The van der Waals surface area contributed by atoms with Crippen LogP contribution in [0.5, 0.6) is 0 Å². The number of hydrogen-bond acceptors (Lipinski definition) is 6. The second-order valence-corrected chi connectivity index (χ2v) is 12.3. The highest BCUT2D eigenvalue weighted by molar-refractivity contribution is 7.97. The number of nitrogens with zero attached hydrogens (tertiary/aromatic N) is 1. The van der Waals surface area contributed by atoms with Gasteiger partial charge in [0, 0.05) is 6.54 Å². The number of aliphatic hydroxyl groups excluding tert-OH is 1. The van der Waals surface area contributed by atoms with Crippen LogP contribution in [0, 0.1) is 18.2 Å². The lowest BCUT2D eigenvalue weighted by atomic mass is 9.85. The lowest BCUT2D eigenvalue weighted by Crippen LogP contribution is -2.43. The molecule has 0 aliphatic carbocycles. The third kappa shape index (κ3) is 4.04. The van der Waals surface area contributed by atoms with Gasteiger partial charge in [0.15, 0.2) is 4.36 Å². The van der Waals surface area contributed by atoms with E-state index in [1.54, 1.807) is 13.0 Å². The van der Waals surface area contributed by atoms with Gasteiger partial charge in [-0.25, -0.2) is 12.8 Å². The third-order valence-electron chi connectivity index (χ3n) is 6.21. The van der Waals surface area contributed by atoms with Crippen LogP contribution in [-0.4, -0.2) is 36.3 Å². The highest BCUT2D eigenvalue weighted by Gasteiger charge is 2.49. The number of anilines is 1. The number of nitrogens with one attached hydrogen (secondary N) is 1. The Balaban J connectivity index is 1.87. The minimum atomic E-state index is -4.33. The van der Waals surface area contributed by atoms with Crippen LogP contribution in [0.4, 0.5) is 10.1 Å². The smallest absolute Gasteiger partial charge is 0.260 e. The maximum Gasteiger partial charge on any atom is 0.260 e. The molecule has 0 fully saturated rings. The minimum absolute atomic E-state index is 0.0240. The van der Waals surface area contributed by atoms with Gasteiger partial charge in [-0.05, 0) is 41.7 Å². The van der Waals surface area contributed by atoms with E-state index in [4.69, 9.17) is 17.3 Å². The molecule has 8 nitrogen and oxygen atoms in total. The highest BCUT2D eigenvalue weighted by Crippen LogP contribution is 2.45. The molecule has 11 heteroatoms. The molecule has 36 heavy (non-hydrogen) atoms. The Morgan fingerprint density at radius 3 is 2.50 bits per heavy atom. The summed E-state index contributed by atoms with van der Waals surface area (Å²) >= 11 is 6.31. The first-order valence-electron chi connectivity index (χ1n) is 11.0. The molecule has 2 heterocycles. The first-order valence-corrected chi connectivity index (χ1v) is 12.9. The number of primary amides is 1. The van der Waals surface area contributed by atoms with Gasteiger partial charge in [0.25, 0.3) is 11.8 Å². The molecule has 4 rings (SSSR count). The van der Waals surface area contributed by atoms with E-state index in [1.807, 2.05) is 20.8 Å². The number of aryl methyl sites for hydroxylation is 1. The maximum atomic E-state index is 13.8. The summed E-state index contributed by atoms with van der Waals surface area (Å²) in [6, 6.07) is 7.54. The number of carbonyl (C=O) groups is 2. The molecule has 2 amide bonds. The van der Waals surface area contributed by atoms with E-state index in [9.17, 15) is 27.5 Å². The largest absolute Gasteiger partial charge is 0.509 e. The summed E-state index contributed by atoms with van der Waals surface area (Å²) in [4.78, 5) is 26.8. The lowest BCUT2D eigenvalue weighted by Gasteiger charge is -2.35. The molecule has 190 valence electrons. The molecule has 0 unspecified atom stereocenters. The number of aliphatic hydroxyl groups is 1. The van der Waals surface area contributed by atoms with E-state index in [1.165, 1.54) is 35.2 Å². The fourth-order valence-corrected chi connectivity index (χ4v) is 6.28. The first kappa shape index (κ1) is 25.7.